The van der Waals surface area contributed by atoms with Crippen molar-refractivity contribution in [3.05, 3.63) is 34.1 Å². The number of rotatable bonds is 6. The van der Waals surface area contributed by atoms with Crippen LogP contribution >= 0.6 is 15.9 Å². The second-order valence-electron chi connectivity index (χ2n) is 3.34. The van der Waals surface area contributed by atoms with Crippen molar-refractivity contribution in [2.75, 3.05) is 13.2 Å². The zero-order valence-electron chi connectivity index (χ0n) is 8.47. The van der Waals surface area contributed by atoms with Gasteiger partial charge in [0.2, 0.25) is 0 Å². The molecule has 0 aliphatic rings. The third kappa shape index (κ3) is 4.73. The maximum atomic E-state index is 12.9. The molecule has 0 bridgehead atoms. The van der Waals surface area contributed by atoms with Crippen molar-refractivity contribution in [3.8, 4) is 0 Å². The van der Waals surface area contributed by atoms with E-state index >= 15 is 0 Å². The van der Waals surface area contributed by atoms with Crippen LogP contribution in [0, 0.1) is 5.82 Å². The maximum Gasteiger partial charge on any atom is 0.123 e. The van der Waals surface area contributed by atoms with E-state index in [1.54, 1.807) is 6.07 Å². The minimum Gasteiger partial charge on any atom is -0.396 e. The summed E-state index contributed by atoms with van der Waals surface area (Å²) in [6.07, 6.45) is 1.74. The minimum atomic E-state index is -0.217. The molecular formula is C11H15BrFNO. The van der Waals surface area contributed by atoms with E-state index in [-0.39, 0.29) is 12.4 Å². The third-order valence-corrected chi connectivity index (χ3v) is 2.86. The zero-order valence-corrected chi connectivity index (χ0v) is 10.1. The Balaban J connectivity index is 2.33. The van der Waals surface area contributed by atoms with Gasteiger partial charge in [0.25, 0.3) is 0 Å². The van der Waals surface area contributed by atoms with Crippen LogP contribution in [-0.2, 0) is 6.54 Å². The number of hydrogen-bond donors (Lipinski definition) is 2. The summed E-state index contributed by atoms with van der Waals surface area (Å²) in [6.45, 7) is 1.71. The van der Waals surface area contributed by atoms with E-state index in [0.717, 1.165) is 29.4 Å². The SMILES string of the molecule is OCCCCNCc1cc(F)ccc1Br. The molecule has 0 radical (unpaired) electrons. The predicted octanol–water partition coefficient (Wildman–Crippen LogP) is 2.45. The second-order valence-corrected chi connectivity index (χ2v) is 4.20. The molecule has 4 heteroatoms. The summed E-state index contributed by atoms with van der Waals surface area (Å²) in [6, 6.07) is 4.66. The highest BCUT2D eigenvalue weighted by atomic mass is 79.9. The smallest absolute Gasteiger partial charge is 0.123 e. The van der Waals surface area contributed by atoms with Crippen LogP contribution < -0.4 is 5.32 Å². The van der Waals surface area contributed by atoms with E-state index in [4.69, 9.17) is 5.11 Å². The van der Waals surface area contributed by atoms with Gasteiger partial charge in [0.05, 0.1) is 0 Å². The Labute approximate surface area is 97.6 Å². The molecule has 0 atom stereocenters. The molecule has 0 aliphatic heterocycles. The third-order valence-electron chi connectivity index (χ3n) is 2.08. The number of halogens is 2. The van der Waals surface area contributed by atoms with Gasteiger partial charge in [-0.2, -0.15) is 0 Å². The fourth-order valence-corrected chi connectivity index (χ4v) is 1.65. The molecule has 0 aromatic heterocycles. The summed E-state index contributed by atoms with van der Waals surface area (Å²) < 4.78 is 13.8. The molecule has 0 saturated carbocycles. The molecule has 1 rings (SSSR count). The lowest BCUT2D eigenvalue weighted by molar-refractivity contribution is 0.283. The molecule has 84 valence electrons. The Hall–Kier alpha value is -0.450. The van der Waals surface area contributed by atoms with Crippen LogP contribution in [0.3, 0.4) is 0 Å². The minimum absolute atomic E-state index is 0.217. The lowest BCUT2D eigenvalue weighted by Crippen LogP contribution is -2.15. The van der Waals surface area contributed by atoms with Crippen molar-refractivity contribution in [3.63, 3.8) is 0 Å². The van der Waals surface area contributed by atoms with E-state index in [2.05, 4.69) is 21.2 Å². The standard InChI is InChI=1S/C11H15BrFNO/c12-11-4-3-10(13)7-9(11)8-14-5-1-2-6-15/h3-4,7,14-15H,1-2,5-6,8H2. The summed E-state index contributed by atoms with van der Waals surface area (Å²) in [4.78, 5) is 0. The Kier molecular flexibility index (Phi) is 5.83. The summed E-state index contributed by atoms with van der Waals surface area (Å²) >= 11 is 3.37. The Morgan fingerprint density at radius 2 is 2.13 bits per heavy atom. The van der Waals surface area contributed by atoms with Gasteiger partial charge in [0.1, 0.15) is 5.82 Å². The average molecular weight is 276 g/mol. The lowest BCUT2D eigenvalue weighted by atomic mass is 10.2. The highest BCUT2D eigenvalue weighted by molar-refractivity contribution is 9.10. The van der Waals surface area contributed by atoms with Gasteiger partial charge in [-0.1, -0.05) is 15.9 Å². The summed E-state index contributed by atoms with van der Waals surface area (Å²) in [5, 5.41) is 11.8. The highest BCUT2D eigenvalue weighted by Crippen LogP contribution is 2.17. The number of nitrogens with one attached hydrogen (secondary N) is 1. The largest absolute Gasteiger partial charge is 0.396 e. The molecule has 0 amide bonds. The topological polar surface area (TPSA) is 32.3 Å². The van der Waals surface area contributed by atoms with Crippen LogP contribution in [-0.4, -0.2) is 18.3 Å². The first kappa shape index (κ1) is 12.6. The highest BCUT2D eigenvalue weighted by Gasteiger charge is 2.00. The molecule has 1 aromatic rings. The predicted molar refractivity (Wildman–Crippen MR) is 62.1 cm³/mol. The fourth-order valence-electron chi connectivity index (χ4n) is 1.26. The fraction of sp³-hybridized carbons (Fsp3) is 0.455. The zero-order chi connectivity index (χ0) is 11.1. The van der Waals surface area contributed by atoms with Gasteiger partial charge in [0, 0.05) is 17.6 Å². The Morgan fingerprint density at radius 1 is 1.33 bits per heavy atom. The van der Waals surface area contributed by atoms with Crippen LogP contribution in [0.1, 0.15) is 18.4 Å². The monoisotopic (exact) mass is 275 g/mol. The van der Waals surface area contributed by atoms with E-state index in [9.17, 15) is 4.39 Å². The van der Waals surface area contributed by atoms with Gasteiger partial charge in [-0.3, -0.25) is 0 Å². The molecular weight excluding hydrogens is 261 g/mol. The average Bonchev–Trinajstić information content (AvgIpc) is 2.23. The van der Waals surface area contributed by atoms with E-state index in [1.165, 1.54) is 12.1 Å². The van der Waals surface area contributed by atoms with E-state index in [0.29, 0.717) is 6.54 Å². The van der Waals surface area contributed by atoms with Gasteiger partial charge in [-0.15, -0.1) is 0 Å². The van der Waals surface area contributed by atoms with Crippen molar-refractivity contribution in [2.45, 2.75) is 19.4 Å². The second kappa shape index (κ2) is 6.93. The molecule has 15 heavy (non-hydrogen) atoms. The molecule has 1 aromatic carbocycles. The molecule has 0 saturated heterocycles. The van der Waals surface area contributed by atoms with Crippen LogP contribution in [0.5, 0.6) is 0 Å². The quantitative estimate of drug-likeness (QED) is 0.782. The number of benzene rings is 1. The number of aliphatic hydroxyl groups excluding tert-OH is 1. The van der Waals surface area contributed by atoms with Gasteiger partial charge in [-0.25, -0.2) is 4.39 Å². The van der Waals surface area contributed by atoms with Crippen molar-refractivity contribution in [2.24, 2.45) is 0 Å². The molecule has 0 aliphatic carbocycles. The van der Waals surface area contributed by atoms with Crippen LogP contribution in [0.4, 0.5) is 4.39 Å². The molecule has 0 fully saturated rings. The first-order valence-corrected chi connectivity index (χ1v) is 5.79. The summed E-state index contributed by atoms with van der Waals surface area (Å²) in [5.74, 6) is -0.217. The Morgan fingerprint density at radius 3 is 2.87 bits per heavy atom. The van der Waals surface area contributed by atoms with Gasteiger partial charge >= 0.3 is 0 Å². The van der Waals surface area contributed by atoms with Crippen molar-refractivity contribution >= 4 is 15.9 Å². The Bertz CT molecular complexity index is 307. The van der Waals surface area contributed by atoms with E-state index in [1.807, 2.05) is 0 Å². The molecule has 2 N–H and O–H groups in total. The number of unbranched alkanes of at least 4 members (excludes halogenated alkanes) is 1. The molecule has 2 nitrogen and oxygen atoms in total. The first-order chi connectivity index (χ1) is 7.24. The first-order valence-electron chi connectivity index (χ1n) is 4.99. The summed E-state index contributed by atoms with van der Waals surface area (Å²) in [7, 11) is 0. The summed E-state index contributed by atoms with van der Waals surface area (Å²) in [5.41, 5.74) is 0.916. The van der Waals surface area contributed by atoms with Crippen molar-refractivity contribution in [1.82, 2.24) is 5.32 Å². The number of aliphatic hydroxyl groups is 1. The molecule has 0 unspecified atom stereocenters. The van der Waals surface area contributed by atoms with Gasteiger partial charge in [0.15, 0.2) is 0 Å². The molecule has 0 heterocycles. The van der Waals surface area contributed by atoms with Gasteiger partial charge in [-0.05, 0) is 43.1 Å². The van der Waals surface area contributed by atoms with Gasteiger partial charge < -0.3 is 10.4 Å². The maximum absolute atomic E-state index is 12.9. The number of hydrogen-bond acceptors (Lipinski definition) is 2. The molecule has 0 spiro atoms. The van der Waals surface area contributed by atoms with Crippen LogP contribution in [0.2, 0.25) is 0 Å². The van der Waals surface area contributed by atoms with Crippen molar-refractivity contribution in [1.29, 1.82) is 0 Å². The van der Waals surface area contributed by atoms with Crippen molar-refractivity contribution < 1.29 is 9.50 Å². The van der Waals surface area contributed by atoms with Crippen LogP contribution in [0.15, 0.2) is 22.7 Å². The lowest BCUT2D eigenvalue weighted by Gasteiger charge is -2.06. The normalized spacial score (nSPS) is 10.6. The van der Waals surface area contributed by atoms with E-state index < -0.39 is 0 Å². The van der Waals surface area contributed by atoms with Crippen LogP contribution in [0.25, 0.3) is 0 Å².